The van der Waals surface area contributed by atoms with E-state index >= 15 is 0 Å². The molecule has 1 N–H and O–H groups in total. The topological polar surface area (TPSA) is 72.9 Å². The smallest absolute Gasteiger partial charge is 0.387 e. The molecular weight excluding hydrogens is 394 g/mol. The van der Waals surface area contributed by atoms with E-state index in [9.17, 15) is 13.6 Å². The fourth-order valence-electron chi connectivity index (χ4n) is 3.30. The fraction of sp³-hybridized carbons (Fsp3) is 0.182. The van der Waals surface area contributed by atoms with Gasteiger partial charge in [-0.15, -0.1) is 0 Å². The molecule has 0 saturated carbocycles. The van der Waals surface area contributed by atoms with Crippen molar-refractivity contribution in [2.75, 3.05) is 13.7 Å². The quantitative estimate of drug-likeness (QED) is 0.648. The molecule has 0 aliphatic carbocycles. The molecule has 0 radical (unpaired) electrons. The maximum Gasteiger partial charge on any atom is 0.387 e. The summed E-state index contributed by atoms with van der Waals surface area (Å²) in [5.41, 5.74) is 2.32. The van der Waals surface area contributed by atoms with Crippen molar-refractivity contribution in [3.8, 4) is 28.4 Å². The minimum Gasteiger partial charge on any atom is -0.493 e. The Morgan fingerprint density at radius 1 is 1.10 bits per heavy atom. The molecule has 1 aliphatic rings. The molecule has 0 bridgehead atoms. The highest BCUT2D eigenvalue weighted by molar-refractivity contribution is 5.68. The van der Waals surface area contributed by atoms with Gasteiger partial charge < -0.3 is 19.2 Å². The zero-order valence-corrected chi connectivity index (χ0v) is 16.0. The number of hydrogen-bond acceptors (Lipinski definition) is 5. The van der Waals surface area contributed by atoms with Crippen LogP contribution in [0.5, 0.6) is 17.2 Å². The summed E-state index contributed by atoms with van der Waals surface area (Å²) in [5.74, 6) is 0.938. The highest BCUT2D eigenvalue weighted by Gasteiger charge is 2.13. The highest BCUT2D eigenvalue weighted by Crippen LogP contribution is 2.32. The van der Waals surface area contributed by atoms with Crippen LogP contribution in [-0.2, 0) is 6.61 Å². The summed E-state index contributed by atoms with van der Waals surface area (Å²) in [6, 6.07) is 13.2. The summed E-state index contributed by atoms with van der Waals surface area (Å²) in [5, 5.41) is 0.864. The fourth-order valence-corrected chi connectivity index (χ4v) is 3.30. The van der Waals surface area contributed by atoms with Gasteiger partial charge in [0.1, 0.15) is 17.8 Å². The molecule has 1 aliphatic heterocycles. The van der Waals surface area contributed by atoms with E-state index in [0.717, 1.165) is 16.3 Å². The molecule has 1 aromatic heterocycles. The summed E-state index contributed by atoms with van der Waals surface area (Å²) in [7, 11) is 1.50. The van der Waals surface area contributed by atoms with Crippen LogP contribution >= 0.6 is 0 Å². The Bertz CT molecular complexity index is 1250. The van der Waals surface area contributed by atoms with Gasteiger partial charge >= 0.3 is 6.61 Å². The number of nitrogens with zero attached hydrogens (tertiary/aromatic N) is 1. The van der Waals surface area contributed by atoms with E-state index in [1.807, 2.05) is 6.08 Å². The zero-order valence-electron chi connectivity index (χ0n) is 16.0. The second-order valence-corrected chi connectivity index (χ2v) is 6.49. The second kappa shape index (κ2) is 8.36. The number of pyridine rings is 1. The molecule has 30 heavy (non-hydrogen) atoms. The van der Waals surface area contributed by atoms with Crippen LogP contribution in [0.4, 0.5) is 8.78 Å². The van der Waals surface area contributed by atoms with Gasteiger partial charge in [0.25, 0.3) is 0 Å². The minimum atomic E-state index is -2.92. The van der Waals surface area contributed by atoms with Crippen LogP contribution in [0.3, 0.4) is 0 Å². The standard InChI is InChI=1S/C22H18F2N2O4/c1-28-19-10-13(16-11-20(27)26-21-15(16)8-9-25-21)6-7-18(19)29-12-14-4-2-3-5-17(14)30-22(23)24/h2-8,10-11,22H,9,12H2,1H3,(H,25,26,27). The lowest BCUT2D eigenvalue weighted by atomic mass is 10.0. The number of alkyl halides is 2. The van der Waals surface area contributed by atoms with Gasteiger partial charge in [-0.3, -0.25) is 9.79 Å². The molecule has 0 amide bonds. The Morgan fingerprint density at radius 3 is 2.73 bits per heavy atom. The van der Waals surface area contributed by atoms with Crippen LogP contribution in [-0.4, -0.2) is 25.3 Å². The van der Waals surface area contributed by atoms with Crippen molar-refractivity contribution < 1.29 is 23.0 Å². The van der Waals surface area contributed by atoms with Crippen LogP contribution < -0.4 is 30.5 Å². The van der Waals surface area contributed by atoms with Gasteiger partial charge in [-0.1, -0.05) is 30.3 Å². The minimum absolute atomic E-state index is 0.0195. The molecule has 0 unspecified atom stereocenters. The number of aromatic nitrogens is 1. The molecule has 8 heteroatoms. The number of rotatable bonds is 7. The van der Waals surface area contributed by atoms with Crippen LogP contribution in [0.15, 0.2) is 58.3 Å². The van der Waals surface area contributed by atoms with Crippen molar-refractivity contribution >= 4 is 6.08 Å². The Kier molecular flexibility index (Phi) is 5.47. The number of nitrogens with one attached hydrogen (secondary N) is 1. The van der Waals surface area contributed by atoms with Gasteiger partial charge in [0.15, 0.2) is 11.5 Å². The first-order valence-electron chi connectivity index (χ1n) is 9.17. The first-order chi connectivity index (χ1) is 14.5. The Balaban J connectivity index is 1.63. The van der Waals surface area contributed by atoms with Crippen molar-refractivity contribution in [1.29, 1.82) is 0 Å². The molecule has 0 spiro atoms. The first-order valence-corrected chi connectivity index (χ1v) is 9.17. The van der Waals surface area contributed by atoms with Crippen molar-refractivity contribution in [2.45, 2.75) is 13.2 Å². The Labute approximate surface area is 170 Å². The molecule has 0 saturated heterocycles. The zero-order chi connectivity index (χ0) is 21.1. The molecular formula is C22H18F2N2O4. The molecule has 4 rings (SSSR count). The van der Waals surface area contributed by atoms with Gasteiger partial charge in [0.2, 0.25) is 5.56 Å². The number of aromatic amines is 1. The number of benzene rings is 2. The van der Waals surface area contributed by atoms with E-state index < -0.39 is 6.61 Å². The predicted molar refractivity (Wildman–Crippen MR) is 107 cm³/mol. The van der Waals surface area contributed by atoms with Crippen LogP contribution in [0.25, 0.3) is 17.2 Å². The number of methoxy groups -OCH3 is 1. The SMILES string of the molecule is COc1cc(-c2cc(=O)[nH]c3c2=CCN=3)ccc1OCc1ccccc1OC(F)F. The molecule has 154 valence electrons. The molecule has 0 fully saturated rings. The average molecular weight is 412 g/mol. The number of ether oxygens (including phenoxy) is 3. The maximum atomic E-state index is 12.6. The number of para-hydroxylation sites is 1. The summed E-state index contributed by atoms with van der Waals surface area (Å²) in [4.78, 5) is 18.9. The van der Waals surface area contributed by atoms with Crippen LogP contribution in [0, 0.1) is 0 Å². The van der Waals surface area contributed by atoms with Gasteiger partial charge in [0.05, 0.1) is 13.7 Å². The molecule has 3 aromatic rings. The third-order valence-corrected chi connectivity index (χ3v) is 4.65. The second-order valence-electron chi connectivity index (χ2n) is 6.49. The van der Waals surface area contributed by atoms with Gasteiger partial charge in [0, 0.05) is 16.8 Å². The maximum absolute atomic E-state index is 12.6. The third-order valence-electron chi connectivity index (χ3n) is 4.65. The lowest BCUT2D eigenvalue weighted by molar-refractivity contribution is -0.0508. The summed E-state index contributed by atoms with van der Waals surface area (Å²) in [6.07, 6.45) is 1.94. The largest absolute Gasteiger partial charge is 0.493 e. The lowest BCUT2D eigenvalue weighted by Crippen LogP contribution is -2.33. The van der Waals surface area contributed by atoms with Crippen molar-refractivity contribution in [2.24, 2.45) is 4.99 Å². The lowest BCUT2D eigenvalue weighted by Gasteiger charge is -2.14. The summed E-state index contributed by atoms with van der Waals surface area (Å²) >= 11 is 0. The van der Waals surface area contributed by atoms with Crippen molar-refractivity contribution in [3.63, 3.8) is 0 Å². The van der Waals surface area contributed by atoms with E-state index in [-0.39, 0.29) is 17.9 Å². The van der Waals surface area contributed by atoms with Crippen molar-refractivity contribution in [3.05, 3.63) is 75.2 Å². The van der Waals surface area contributed by atoms with E-state index in [1.165, 1.54) is 19.2 Å². The predicted octanol–water partition coefficient (Wildman–Crippen LogP) is 2.64. The van der Waals surface area contributed by atoms with Crippen molar-refractivity contribution in [1.82, 2.24) is 4.98 Å². The van der Waals surface area contributed by atoms with E-state index in [2.05, 4.69) is 14.7 Å². The Morgan fingerprint density at radius 2 is 1.93 bits per heavy atom. The van der Waals surface area contributed by atoms with Crippen LogP contribution in [0.1, 0.15) is 5.56 Å². The Hall–Kier alpha value is -3.68. The summed E-state index contributed by atoms with van der Waals surface area (Å²) in [6.45, 7) is -2.38. The molecule has 6 nitrogen and oxygen atoms in total. The average Bonchev–Trinajstić information content (AvgIpc) is 3.20. The molecule has 0 atom stereocenters. The third kappa shape index (κ3) is 4.03. The highest BCUT2D eigenvalue weighted by atomic mass is 19.3. The normalized spacial score (nSPS) is 12.1. The number of hydrogen-bond donors (Lipinski definition) is 1. The van der Waals surface area contributed by atoms with E-state index in [1.54, 1.807) is 36.4 Å². The van der Waals surface area contributed by atoms with Gasteiger partial charge in [-0.2, -0.15) is 8.78 Å². The number of halogens is 2. The number of fused-ring (bicyclic) bond motifs is 1. The number of H-pyrrole nitrogens is 1. The molecule has 2 heterocycles. The molecule has 2 aromatic carbocycles. The van der Waals surface area contributed by atoms with Gasteiger partial charge in [-0.25, -0.2) is 0 Å². The van der Waals surface area contributed by atoms with E-state index in [0.29, 0.717) is 29.1 Å². The summed E-state index contributed by atoms with van der Waals surface area (Å²) < 4.78 is 41.0. The first kappa shape index (κ1) is 19.6. The van der Waals surface area contributed by atoms with Crippen LogP contribution in [0.2, 0.25) is 0 Å². The van der Waals surface area contributed by atoms with E-state index in [4.69, 9.17) is 9.47 Å². The monoisotopic (exact) mass is 412 g/mol. The van der Waals surface area contributed by atoms with Gasteiger partial charge in [-0.05, 0) is 29.3 Å².